The van der Waals surface area contributed by atoms with Crippen molar-refractivity contribution in [1.29, 1.82) is 0 Å². The van der Waals surface area contributed by atoms with E-state index < -0.39 is 0 Å². The highest BCUT2D eigenvalue weighted by molar-refractivity contribution is 6.19. The van der Waals surface area contributed by atoms with E-state index in [4.69, 9.17) is 15.0 Å². The van der Waals surface area contributed by atoms with Crippen LogP contribution in [0.15, 0.2) is 140 Å². The lowest BCUT2D eigenvalue weighted by atomic mass is 9.96. The highest BCUT2D eigenvalue weighted by atomic mass is 15.1. The lowest BCUT2D eigenvalue weighted by Gasteiger charge is -2.13. The van der Waals surface area contributed by atoms with Crippen LogP contribution in [0.4, 0.5) is 0 Å². The molecule has 5 heteroatoms. The number of benzene rings is 6. The van der Waals surface area contributed by atoms with Crippen LogP contribution >= 0.6 is 0 Å². The molecule has 0 amide bonds. The van der Waals surface area contributed by atoms with E-state index in [1.165, 1.54) is 5.39 Å². The molecule has 9 aromatic rings. The van der Waals surface area contributed by atoms with Crippen LogP contribution in [0.5, 0.6) is 0 Å². The molecule has 0 aliphatic rings. The van der Waals surface area contributed by atoms with Crippen molar-refractivity contribution in [2.45, 2.75) is 26.8 Å². The molecule has 0 radical (unpaired) electrons. The van der Waals surface area contributed by atoms with E-state index in [0.717, 1.165) is 96.6 Å². The number of aryl methyl sites for hydroxylation is 2. The molecule has 0 N–H and O–H groups in total. The third kappa shape index (κ3) is 4.43. The Labute approximate surface area is 278 Å². The summed E-state index contributed by atoms with van der Waals surface area (Å²) in [5.74, 6) is 2.03. The number of hydrogen-bond acceptors (Lipinski definition) is 3. The molecular formula is C43H33N5. The summed E-state index contributed by atoms with van der Waals surface area (Å²) in [5.41, 5.74) is 11.8. The first-order chi connectivity index (χ1) is 23.7. The van der Waals surface area contributed by atoms with Gasteiger partial charge in [0.15, 0.2) is 0 Å². The fraction of sp³-hybridized carbons (Fsp3) is 0.0930. The minimum atomic E-state index is 0.823. The van der Waals surface area contributed by atoms with Crippen molar-refractivity contribution in [2.75, 3.05) is 0 Å². The normalized spacial score (nSPS) is 11.7. The van der Waals surface area contributed by atoms with Gasteiger partial charge in [0.05, 0.1) is 33.3 Å². The molecule has 5 nitrogen and oxygen atoms in total. The maximum Gasteiger partial charge on any atom is 0.141 e. The molecule has 0 saturated carbocycles. The second-order valence-electron chi connectivity index (χ2n) is 12.2. The Morgan fingerprint density at radius 2 is 1.25 bits per heavy atom. The Bertz CT molecular complexity index is 2630. The maximum absolute atomic E-state index is 5.30. The van der Waals surface area contributed by atoms with Crippen molar-refractivity contribution in [2.24, 2.45) is 0 Å². The first kappa shape index (κ1) is 28.2. The molecule has 3 heterocycles. The summed E-state index contributed by atoms with van der Waals surface area (Å²) in [6, 6.07) is 49.3. The van der Waals surface area contributed by atoms with E-state index in [9.17, 15) is 0 Å². The van der Waals surface area contributed by atoms with Crippen LogP contribution in [-0.2, 0) is 13.0 Å². The zero-order chi connectivity index (χ0) is 32.2. The average molecular weight is 620 g/mol. The van der Waals surface area contributed by atoms with Crippen LogP contribution in [0, 0.1) is 0 Å². The number of rotatable bonds is 6. The van der Waals surface area contributed by atoms with Crippen molar-refractivity contribution in [3.63, 3.8) is 0 Å². The summed E-state index contributed by atoms with van der Waals surface area (Å²) >= 11 is 0. The van der Waals surface area contributed by atoms with Crippen molar-refractivity contribution in [1.82, 2.24) is 24.1 Å². The van der Waals surface area contributed by atoms with E-state index >= 15 is 0 Å². The quantitative estimate of drug-likeness (QED) is 0.174. The van der Waals surface area contributed by atoms with Gasteiger partial charge in [0.25, 0.3) is 0 Å². The largest absolute Gasteiger partial charge is 0.324 e. The average Bonchev–Trinajstić information content (AvgIpc) is 3.73. The van der Waals surface area contributed by atoms with Gasteiger partial charge in [0, 0.05) is 40.6 Å². The zero-order valence-electron chi connectivity index (χ0n) is 26.9. The van der Waals surface area contributed by atoms with Gasteiger partial charge >= 0.3 is 0 Å². The first-order valence-corrected chi connectivity index (χ1v) is 16.7. The maximum atomic E-state index is 5.30. The Morgan fingerprint density at radius 3 is 2.06 bits per heavy atom. The molecule has 0 fully saturated rings. The number of hydrogen-bond donors (Lipinski definition) is 0. The molecule has 0 atom stereocenters. The molecule has 0 bridgehead atoms. The summed E-state index contributed by atoms with van der Waals surface area (Å²) < 4.78 is 4.58. The SMILES string of the molecule is CCc1nc2c3c(-c4ccc(-c5cccc(-c6nc7ccccc7n6CC)c5)cc4)nc4ccccc4c3ccc2n1-c1ccccc1. The summed E-state index contributed by atoms with van der Waals surface area (Å²) in [7, 11) is 0. The van der Waals surface area contributed by atoms with E-state index in [2.05, 4.69) is 156 Å². The van der Waals surface area contributed by atoms with Crippen LogP contribution in [0.3, 0.4) is 0 Å². The summed E-state index contributed by atoms with van der Waals surface area (Å²) in [4.78, 5) is 15.6. The third-order valence-electron chi connectivity index (χ3n) is 9.47. The van der Waals surface area contributed by atoms with Crippen molar-refractivity contribution >= 4 is 43.7 Å². The second-order valence-corrected chi connectivity index (χ2v) is 12.2. The minimum absolute atomic E-state index is 0.823. The highest BCUT2D eigenvalue weighted by Crippen LogP contribution is 2.39. The van der Waals surface area contributed by atoms with Gasteiger partial charge < -0.3 is 4.57 Å². The van der Waals surface area contributed by atoms with Crippen LogP contribution in [0.1, 0.15) is 19.7 Å². The van der Waals surface area contributed by atoms with Gasteiger partial charge in [0.2, 0.25) is 0 Å². The predicted molar refractivity (Wildman–Crippen MR) is 199 cm³/mol. The molecule has 3 aromatic heterocycles. The number of nitrogens with zero attached hydrogens (tertiary/aromatic N) is 5. The number of para-hydroxylation sites is 4. The van der Waals surface area contributed by atoms with Crippen molar-refractivity contribution in [3.8, 4) is 39.5 Å². The Kier molecular flexibility index (Phi) is 6.64. The van der Waals surface area contributed by atoms with Gasteiger partial charge in [-0.15, -0.1) is 0 Å². The number of aromatic nitrogens is 5. The molecule has 6 aromatic carbocycles. The molecule has 9 rings (SSSR count). The number of pyridine rings is 1. The molecule has 0 aliphatic heterocycles. The molecule has 230 valence electrons. The molecule has 48 heavy (non-hydrogen) atoms. The van der Waals surface area contributed by atoms with Crippen molar-refractivity contribution in [3.05, 3.63) is 145 Å². The molecule has 0 aliphatic carbocycles. The Hall–Kier alpha value is -6.07. The van der Waals surface area contributed by atoms with Gasteiger partial charge in [0.1, 0.15) is 11.6 Å². The van der Waals surface area contributed by atoms with Crippen molar-refractivity contribution < 1.29 is 0 Å². The van der Waals surface area contributed by atoms with Gasteiger partial charge in [-0.25, -0.2) is 15.0 Å². The summed E-state index contributed by atoms with van der Waals surface area (Å²) in [6.45, 7) is 5.20. The number of fused-ring (bicyclic) bond motifs is 6. The van der Waals surface area contributed by atoms with E-state index in [-0.39, 0.29) is 0 Å². The van der Waals surface area contributed by atoms with Gasteiger partial charge in [-0.2, -0.15) is 0 Å². The topological polar surface area (TPSA) is 48.5 Å². The second kappa shape index (κ2) is 11.3. The standard InChI is InChI=1S/C43H33N5/c1-3-39-46-42-38(48(39)32-15-6-5-7-16-32)26-25-34-33-17-8-9-18-35(33)44-41(40(34)42)29-23-21-28(22-24-29)30-13-12-14-31(27-30)43-45-36-19-10-11-20-37(36)47(43)4-2/h5-27H,3-4H2,1-2H3. The first-order valence-electron chi connectivity index (χ1n) is 16.7. The molecule has 0 saturated heterocycles. The van der Waals surface area contributed by atoms with Gasteiger partial charge in [-0.1, -0.05) is 104 Å². The van der Waals surface area contributed by atoms with E-state index in [0.29, 0.717) is 0 Å². The number of imidazole rings is 2. The van der Waals surface area contributed by atoms with E-state index in [1.54, 1.807) is 0 Å². The lowest BCUT2D eigenvalue weighted by Crippen LogP contribution is -1.99. The smallest absolute Gasteiger partial charge is 0.141 e. The monoisotopic (exact) mass is 619 g/mol. The molecular weight excluding hydrogens is 587 g/mol. The Morgan fingerprint density at radius 1 is 0.521 bits per heavy atom. The van der Waals surface area contributed by atoms with Gasteiger partial charge in [-0.05, 0) is 65.9 Å². The van der Waals surface area contributed by atoms with Crippen LogP contribution in [0.25, 0.3) is 83.2 Å². The predicted octanol–water partition coefficient (Wildman–Crippen LogP) is 10.7. The molecule has 0 spiro atoms. The minimum Gasteiger partial charge on any atom is -0.324 e. The van der Waals surface area contributed by atoms with E-state index in [1.807, 2.05) is 6.07 Å². The fourth-order valence-corrected chi connectivity index (χ4v) is 7.22. The van der Waals surface area contributed by atoms with Gasteiger partial charge in [-0.3, -0.25) is 4.57 Å². The van der Waals surface area contributed by atoms with Crippen LogP contribution in [-0.4, -0.2) is 24.1 Å². The molecule has 0 unspecified atom stereocenters. The highest BCUT2D eigenvalue weighted by Gasteiger charge is 2.19. The summed E-state index contributed by atoms with van der Waals surface area (Å²) in [6.07, 6.45) is 0.823. The summed E-state index contributed by atoms with van der Waals surface area (Å²) in [5, 5.41) is 3.39. The lowest BCUT2D eigenvalue weighted by molar-refractivity contribution is 0.796. The van der Waals surface area contributed by atoms with Crippen LogP contribution < -0.4 is 0 Å². The Balaban J connectivity index is 1.20. The van der Waals surface area contributed by atoms with Crippen LogP contribution in [0.2, 0.25) is 0 Å². The zero-order valence-corrected chi connectivity index (χ0v) is 26.9. The fourth-order valence-electron chi connectivity index (χ4n) is 7.22. The third-order valence-corrected chi connectivity index (χ3v) is 9.47.